The summed E-state index contributed by atoms with van der Waals surface area (Å²) in [6.45, 7) is 1.26. The maximum absolute atomic E-state index is 15.6. The lowest BCUT2D eigenvalue weighted by molar-refractivity contribution is -0.364. The van der Waals surface area contributed by atoms with Gasteiger partial charge in [0.25, 0.3) is 0 Å². The van der Waals surface area contributed by atoms with Crippen LogP contribution < -0.4 is 4.90 Å². The molecule has 0 saturated carbocycles. The van der Waals surface area contributed by atoms with Gasteiger partial charge >= 0.3 is 23.9 Å². The Morgan fingerprint density at radius 1 is 1.02 bits per heavy atom. The number of alkyl halides is 5. The third-order valence-electron chi connectivity index (χ3n) is 6.85. The molecule has 2 aliphatic rings. The molecule has 0 spiro atoms. The van der Waals surface area contributed by atoms with Gasteiger partial charge in [-0.2, -0.15) is 22.0 Å². The fraction of sp³-hybridized carbons (Fsp3) is 0.222. The lowest BCUT2D eigenvalue weighted by atomic mass is 10.00. The number of nitrogens with one attached hydrogen (secondary N) is 1. The highest BCUT2D eigenvalue weighted by Gasteiger charge is 2.80. The molecule has 222 valence electrons. The highest BCUT2D eigenvalue weighted by Crippen LogP contribution is 2.55. The van der Waals surface area contributed by atoms with Gasteiger partial charge in [0.2, 0.25) is 0 Å². The zero-order valence-electron chi connectivity index (χ0n) is 21.7. The van der Waals surface area contributed by atoms with Crippen molar-refractivity contribution in [3.8, 4) is 0 Å². The number of carboxylic acid groups (broad SMARTS) is 1. The number of ether oxygens (including phenoxy) is 1. The van der Waals surface area contributed by atoms with Gasteiger partial charge in [0.15, 0.2) is 15.7 Å². The second-order valence-electron chi connectivity index (χ2n) is 9.72. The van der Waals surface area contributed by atoms with Gasteiger partial charge in [-0.1, -0.05) is 18.2 Å². The van der Waals surface area contributed by atoms with Gasteiger partial charge in [-0.25, -0.2) is 22.5 Å². The van der Waals surface area contributed by atoms with Crippen LogP contribution in [0.1, 0.15) is 18.7 Å². The third-order valence-corrected chi connectivity index (χ3v) is 7.98. The van der Waals surface area contributed by atoms with Crippen LogP contribution in [0.5, 0.6) is 0 Å². The van der Waals surface area contributed by atoms with E-state index in [0.717, 1.165) is 17.7 Å². The first kappa shape index (κ1) is 29.1. The first-order chi connectivity index (χ1) is 19.5. The lowest BCUT2D eigenvalue weighted by Crippen LogP contribution is -2.67. The van der Waals surface area contributed by atoms with Crippen LogP contribution >= 0.6 is 0 Å². The number of sulfone groups is 1. The highest BCUT2D eigenvalue weighted by molar-refractivity contribution is 7.90. The second-order valence-corrected chi connectivity index (χ2v) is 11.7. The summed E-state index contributed by atoms with van der Waals surface area (Å²) in [4.78, 5) is 14.4. The van der Waals surface area contributed by atoms with E-state index in [0.29, 0.717) is 16.9 Å². The molecule has 0 bridgehead atoms. The molecule has 2 atom stereocenters. The van der Waals surface area contributed by atoms with E-state index in [1.54, 1.807) is 35.2 Å². The summed E-state index contributed by atoms with van der Waals surface area (Å²) in [7, 11) is -3.54. The second kappa shape index (κ2) is 9.58. The van der Waals surface area contributed by atoms with Crippen molar-refractivity contribution >= 4 is 32.5 Å². The molecule has 2 unspecified atom stereocenters. The molecular formula is C27H21F6N3O5S. The van der Waals surface area contributed by atoms with Crippen LogP contribution in [0.3, 0.4) is 0 Å². The van der Waals surface area contributed by atoms with Crippen molar-refractivity contribution in [1.29, 1.82) is 0 Å². The van der Waals surface area contributed by atoms with Crippen molar-refractivity contribution in [3.63, 3.8) is 0 Å². The number of H-pyrrole nitrogens is 1. The highest BCUT2D eigenvalue weighted by atomic mass is 32.2. The minimum absolute atomic E-state index is 0.0168. The van der Waals surface area contributed by atoms with Gasteiger partial charge in [0, 0.05) is 34.9 Å². The predicted octanol–water partition coefficient (Wildman–Crippen LogP) is 6.64. The van der Waals surface area contributed by atoms with Gasteiger partial charge < -0.3 is 19.7 Å². The molecule has 2 aliphatic heterocycles. The predicted molar refractivity (Wildman–Crippen MR) is 139 cm³/mol. The number of carbonyl (C=O) groups is 1. The minimum atomic E-state index is -5.99. The molecule has 0 fully saturated rings. The number of fused-ring (bicyclic) bond motifs is 1. The van der Waals surface area contributed by atoms with E-state index in [2.05, 4.69) is 4.98 Å². The Balaban J connectivity index is 1.62. The quantitative estimate of drug-likeness (QED) is 0.247. The molecule has 3 heterocycles. The zero-order valence-corrected chi connectivity index (χ0v) is 22.5. The summed E-state index contributed by atoms with van der Waals surface area (Å²) in [6.07, 6.45) is 0.187. The number of anilines is 1. The number of rotatable bonds is 5. The Hall–Kier alpha value is -4.40. The Labute approximate surface area is 234 Å². The van der Waals surface area contributed by atoms with Gasteiger partial charge in [-0.15, -0.1) is 0 Å². The van der Waals surface area contributed by atoms with Crippen LogP contribution in [-0.2, 0) is 14.6 Å². The van der Waals surface area contributed by atoms with Crippen LogP contribution in [0.2, 0.25) is 0 Å². The number of hydrogen-bond donors (Lipinski definition) is 2. The Kier molecular flexibility index (Phi) is 6.64. The molecule has 8 nitrogen and oxygen atoms in total. The summed E-state index contributed by atoms with van der Waals surface area (Å²) in [5.74, 6) is -14.4. The topological polar surface area (TPSA) is 103 Å². The summed E-state index contributed by atoms with van der Waals surface area (Å²) < 4.78 is 118. The average Bonchev–Trinajstić information content (AvgIpc) is 3.35. The molecule has 15 heteroatoms. The fourth-order valence-corrected chi connectivity index (χ4v) is 5.26. The zero-order chi connectivity index (χ0) is 30.8. The van der Waals surface area contributed by atoms with Crippen LogP contribution in [0.15, 0.2) is 95.1 Å². The van der Waals surface area contributed by atoms with E-state index < -0.39 is 62.5 Å². The molecule has 2 aromatic carbocycles. The van der Waals surface area contributed by atoms with Gasteiger partial charge in [0.1, 0.15) is 5.76 Å². The fourth-order valence-electron chi connectivity index (χ4n) is 4.63. The number of allylic oxidation sites excluding steroid dienone is 1. The van der Waals surface area contributed by atoms with E-state index in [9.17, 15) is 35.2 Å². The molecule has 2 N–H and O–H groups in total. The number of halogens is 6. The van der Waals surface area contributed by atoms with Crippen LogP contribution in [-0.4, -0.2) is 53.6 Å². The smallest absolute Gasteiger partial charge is 0.416 e. The Morgan fingerprint density at radius 3 is 2.26 bits per heavy atom. The largest absolute Gasteiger partial charge is 0.465 e. The Bertz CT molecular complexity index is 1750. The third kappa shape index (κ3) is 4.47. The van der Waals surface area contributed by atoms with Crippen LogP contribution in [0.4, 0.5) is 36.8 Å². The number of benzene rings is 2. The molecule has 0 aliphatic carbocycles. The SMILES string of the molecule is CC1=CN(c2ccc(S(C)(=O)=O)cc2)C(c2cc3ccccc3[nH]2)C=C1OC1(F)C(F)=CN(C(=O)O)C(F)(F)C1(F)F. The number of para-hydroxylation sites is 1. The normalized spacial score (nSPS) is 23.7. The Morgan fingerprint density at radius 2 is 1.67 bits per heavy atom. The molecule has 5 rings (SSSR count). The van der Waals surface area contributed by atoms with Crippen molar-refractivity contribution in [2.24, 2.45) is 0 Å². The molecule has 42 heavy (non-hydrogen) atoms. The maximum Gasteiger partial charge on any atom is 0.416 e. The summed E-state index contributed by atoms with van der Waals surface area (Å²) in [6, 6.07) is 7.56. The molecule has 0 saturated heterocycles. The van der Waals surface area contributed by atoms with Gasteiger partial charge in [0.05, 0.1) is 17.1 Å². The first-order valence-electron chi connectivity index (χ1n) is 12.1. The maximum atomic E-state index is 15.6. The number of aromatic nitrogens is 1. The molecule has 1 aromatic heterocycles. The van der Waals surface area contributed by atoms with Crippen molar-refractivity contribution in [2.75, 3.05) is 11.2 Å². The first-order valence-corrected chi connectivity index (χ1v) is 14.0. The standard InChI is InChI=1S/C27H21F6N3O5S/c1-15-13-35(17-7-9-18(10-8-17)42(2,39)40)21(20-11-16-5-3-4-6-19(16)34-20)12-22(15)41-25(29)23(28)14-36(24(37)38)27(32,33)26(25,30)31/h3-14,21,34H,1-2H3,(H,37,38). The average molecular weight is 614 g/mol. The molecule has 0 radical (unpaired) electrons. The minimum Gasteiger partial charge on any atom is -0.465 e. The van der Waals surface area contributed by atoms with Crippen molar-refractivity contribution in [3.05, 3.63) is 95.9 Å². The van der Waals surface area contributed by atoms with E-state index in [4.69, 9.17) is 9.84 Å². The summed E-state index contributed by atoms with van der Waals surface area (Å²) in [5.41, 5.74) is 1.35. The van der Waals surface area contributed by atoms with E-state index in [1.807, 2.05) is 0 Å². The number of hydrogen-bond acceptors (Lipinski definition) is 5. The van der Waals surface area contributed by atoms with E-state index in [1.165, 1.54) is 37.4 Å². The van der Waals surface area contributed by atoms with Crippen LogP contribution in [0.25, 0.3) is 10.9 Å². The van der Waals surface area contributed by atoms with Crippen molar-refractivity contribution in [1.82, 2.24) is 9.88 Å². The number of aromatic amines is 1. The van der Waals surface area contributed by atoms with E-state index in [-0.39, 0.29) is 10.5 Å². The number of amides is 1. The summed E-state index contributed by atoms with van der Waals surface area (Å²) >= 11 is 0. The van der Waals surface area contributed by atoms with E-state index >= 15 is 4.39 Å². The lowest BCUT2D eigenvalue weighted by Gasteiger charge is -2.43. The molecule has 1 amide bonds. The monoisotopic (exact) mass is 613 g/mol. The molecular weight excluding hydrogens is 592 g/mol. The van der Waals surface area contributed by atoms with Crippen LogP contribution in [0, 0.1) is 0 Å². The summed E-state index contributed by atoms with van der Waals surface area (Å²) in [5, 5.41) is 9.58. The van der Waals surface area contributed by atoms with Gasteiger partial charge in [-0.3, -0.25) is 0 Å². The molecule has 3 aromatic rings. The number of nitrogens with zero attached hydrogens (tertiary/aromatic N) is 2. The van der Waals surface area contributed by atoms with Crippen molar-refractivity contribution < 1.29 is 49.4 Å². The van der Waals surface area contributed by atoms with Crippen molar-refractivity contribution in [2.45, 2.75) is 35.7 Å². The van der Waals surface area contributed by atoms with Gasteiger partial charge in [-0.05, 0) is 54.8 Å².